The van der Waals surface area contributed by atoms with E-state index in [2.05, 4.69) is 15.9 Å². The van der Waals surface area contributed by atoms with Gasteiger partial charge in [-0.3, -0.25) is 0 Å². The summed E-state index contributed by atoms with van der Waals surface area (Å²) in [6.07, 6.45) is 0. The van der Waals surface area contributed by atoms with Crippen LogP contribution in [0.3, 0.4) is 0 Å². The molecule has 0 aromatic heterocycles. The number of rotatable bonds is 3. The van der Waals surface area contributed by atoms with Crippen LogP contribution in [0.15, 0.2) is 12.1 Å². The molecule has 0 radical (unpaired) electrons. The molecule has 3 nitrogen and oxygen atoms in total. The summed E-state index contributed by atoms with van der Waals surface area (Å²) in [5.74, 6) is 0.178. The highest BCUT2D eigenvalue weighted by molar-refractivity contribution is 9.08. The van der Waals surface area contributed by atoms with Gasteiger partial charge in [0.2, 0.25) is 0 Å². The first kappa shape index (κ1) is 12.0. The van der Waals surface area contributed by atoms with E-state index in [0.717, 1.165) is 11.1 Å². The van der Waals surface area contributed by atoms with Gasteiger partial charge >= 0.3 is 5.97 Å². The Labute approximate surface area is 97.5 Å². The normalized spacial score (nSPS) is 9.87. The number of ether oxygens (including phenoxy) is 2. The van der Waals surface area contributed by atoms with Gasteiger partial charge in [0.15, 0.2) is 0 Å². The molecule has 0 N–H and O–H groups in total. The Bertz CT molecular complexity index is 349. The molecule has 0 saturated heterocycles. The topological polar surface area (TPSA) is 35.5 Å². The first-order chi connectivity index (χ1) is 7.13. The van der Waals surface area contributed by atoms with Crippen molar-refractivity contribution in [1.82, 2.24) is 0 Å². The average Bonchev–Trinajstić information content (AvgIpc) is 2.26. The van der Waals surface area contributed by atoms with Crippen molar-refractivity contribution in [3.8, 4) is 5.75 Å². The van der Waals surface area contributed by atoms with Crippen molar-refractivity contribution in [3.05, 3.63) is 28.8 Å². The second-order valence-corrected chi connectivity index (χ2v) is 3.69. The Morgan fingerprint density at radius 1 is 1.40 bits per heavy atom. The lowest BCUT2D eigenvalue weighted by Gasteiger charge is -2.11. The zero-order valence-corrected chi connectivity index (χ0v) is 10.6. The van der Waals surface area contributed by atoms with Crippen molar-refractivity contribution in [3.63, 3.8) is 0 Å². The summed E-state index contributed by atoms with van der Waals surface area (Å²) in [4.78, 5) is 11.6. The summed E-state index contributed by atoms with van der Waals surface area (Å²) < 4.78 is 9.89. The largest absolute Gasteiger partial charge is 0.496 e. The van der Waals surface area contributed by atoms with E-state index in [1.807, 2.05) is 19.1 Å². The predicted molar refractivity (Wildman–Crippen MR) is 61.7 cm³/mol. The standard InChI is InChI=1S/C11H13BrO3/c1-7-4-8(6-12)10(11(13)15-3)9(5-7)14-2/h4-5H,6H2,1-3H3. The molecule has 0 unspecified atom stereocenters. The number of hydrogen-bond acceptors (Lipinski definition) is 3. The third-order valence-corrected chi connectivity index (χ3v) is 2.69. The Morgan fingerprint density at radius 3 is 2.53 bits per heavy atom. The minimum absolute atomic E-state index is 0.374. The van der Waals surface area contributed by atoms with Gasteiger partial charge < -0.3 is 9.47 Å². The second kappa shape index (κ2) is 5.16. The third-order valence-electron chi connectivity index (χ3n) is 2.08. The lowest BCUT2D eigenvalue weighted by molar-refractivity contribution is 0.0596. The number of methoxy groups -OCH3 is 2. The summed E-state index contributed by atoms with van der Waals surface area (Å²) >= 11 is 3.34. The van der Waals surface area contributed by atoms with Gasteiger partial charge in [-0.2, -0.15) is 0 Å². The second-order valence-electron chi connectivity index (χ2n) is 3.13. The van der Waals surface area contributed by atoms with Crippen LogP contribution in [-0.4, -0.2) is 20.2 Å². The number of hydrogen-bond donors (Lipinski definition) is 0. The molecule has 4 heteroatoms. The lowest BCUT2D eigenvalue weighted by Crippen LogP contribution is -2.08. The van der Waals surface area contributed by atoms with Gasteiger partial charge in [0.1, 0.15) is 11.3 Å². The van der Waals surface area contributed by atoms with E-state index in [9.17, 15) is 4.79 Å². The number of carbonyl (C=O) groups excluding carboxylic acids is 1. The number of benzene rings is 1. The van der Waals surface area contributed by atoms with Crippen molar-refractivity contribution in [2.75, 3.05) is 14.2 Å². The van der Waals surface area contributed by atoms with Crippen LogP contribution in [0.4, 0.5) is 0 Å². The molecule has 0 spiro atoms. The van der Waals surface area contributed by atoms with Crippen molar-refractivity contribution in [2.45, 2.75) is 12.3 Å². The fourth-order valence-corrected chi connectivity index (χ4v) is 1.87. The van der Waals surface area contributed by atoms with E-state index in [-0.39, 0.29) is 5.97 Å². The molecule has 0 bridgehead atoms. The minimum Gasteiger partial charge on any atom is -0.496 e. The van der Waals surface area contributed by atoms with Crippen LogP contribution in [-0.2, 0) is 10.1 Å². The molecule has 0 aliphatic carbocycles. The van der Waals surface area contributed by atoms with Crippen LogP contribution < -0.4 is 4.74 Å². The summed E-state index contributed by atoms with van der Waals surface area (Å²) in [7, 11) is 2.90. The molecule has 0 saturated carbocycles. The smallest absolute Gasteiger partial charge is 0.341 e. The molecule has 1 rings (SSSR count). The zero-order chi connectivity index (χ0) is 11.4. The van der Waals surface area contributed by atoms with Crippen molar-refractivity contribution in [1.29, 1.82) is 0 Å². The average molecular weight is 273 g/mol. The van der Waals surface area contributed by atoms with Gasteiger partial charge in [0.05, 0.1) is 14.2 Å². The molecule has 0 fully saturated rings. The summed E-state index contributed by atoms with van der Waals surface area (Å²) in [6, 6.07) is 3.75. The highest BCUT2D eigenvalue weighted by Gasteiger charge is 2.17. The van der Waals surface area contributed by atoms with Crippen molar-refractivity contribution >= 4 is 21.9 Å². The van der Waals surface area contributed by atoms with Gasteiger partial charge in [-0.25, -0.2) is 4.79 Å². The maximum Gasteiger partial charge on any atom is 0.341 e. The summed E-state index contributed by atoms with van der Waals surface area (Å²) in [5, 5.41) is 0.593. The Hall–Kier alpha value is -1.03. The first-order valence-electron chi connectivity index (χ1n) is 4.45. The highest BCUT2D eigenvalue weighted by Crippen LogP contribution is 2.26. The fourth-order valence-electron chi connectivity index (χ4n) is 1.43. The number of halogens is 1. The quantitative estimate of drug-likeness (QED) is 0.627. The monoisotopic (exact) mass is 272 g/mol. The van der Waals surface area contributed by atoms with E-state index in [1.165, 1.54) is 7.11 Å². The molecular weight excluding hydrogens is 260 g/mol. The molecule has 0 amide bonds. The van der Waals surface area contributed by atoms with Crippen LogP contribution in [0.2, 0.25) is 0 Å². The lowest BCUT2D eigenvalue weighted by atomic mass is 10.0. The molecule has 0 heterocycles. The first-order valence-corrected chi connectivity index (χ1v) is 5.58. The van der Waals surface area contributed by atoms with E-state index in [1.54, 1.807) is 7.11 Å². The van der Waals surface area contributed by atoms with Gasteiger partial charge in [0.25, 0.3) is 0 Å². The number of alkyl halides is 1. The van der Waals surface area contributed by atoms with E-state index >= 15 is 0 Å². The Kier molecular flexibility index (Phi) is 4.15. The predicted octanol–water partition coefficient (Wildman–Crippen LogP) is 2.69. The number of aryl methyl sites for hydroxylation is 1. The van der Waals surface area contributed by atoms with Gasteiger partial charge in [-0.1, -0.05) is 22.0 Å². The van der Waals surface area contributed by atoms with E-state index < -0.39 is 0 Å². The summed E-state index contributed by atoms with van der Waals surface area (Å²) in [5.41, 5.74) is 2.41. The van der Waals surface area contributed by atoms with E-state index in [4.69, 9.17) is 9.47 Å². The summed E-state index contributed by atoms with van der Waals surface area (Å²) in [6.45, 7) is 1.95. The van der Waals surface area contributed by atoms with Crippen molar-refractivity contribution < 1.29 is 14.3 Å². The van der Waals surface area contributed by atoms with Crippen LogP contribution in [0.25, 0.3) is 0 Å². The Morgan fingerprint density at radius 2 is 2.07 bits per heavy atom. The van der Waals surface area contributed by atoms with Crippen LogP contribution >= 0.6 is 15.9 Å². The Balaban J connectivity index is 3.36. The highest BCUT2D eigenvalue weighted by atomic mass is 79.9. The minimum atomic E-state index is -0.374. The molecule has 1 aromatic rings. The van der Waals surface area contributed by atoms with Crippen LogP contribution in [0.1, 0.15) is 21.5 Å². The molecule has 82 valence electrons. The molecule has 15 heavy (non-hydrogen) atoms. The van der Waals surface area contributed by atoms with Crippen molar-refractivity contribution in [2.24, 2.45) is 0 Å². The number of carbonyl (C=O) groups is 1. The van der Waals surface area contributed by atoms with Gasteiger partial charge in [-0.05, 0) is 24.1 Å². The fraction of sp³-hybridized carbons (Fsp3) is 0.364. The molecule has 0 aliphatic rings. The molecule has 1 aromatic carbocycles. The maximum atomic E-state index is 11.6. The van der Waals surface area contributed by atoms with E-state index in [0.29, 0.717) is 16.6 Å². The zero-order valence-electron chi connectivity index (χ0n) is 8.96. The third kappa shape index (κ3) is 2.50. The maximum absolute atomic E-state index is 11.6. The molecular formula is C11H13BrO3. The molecule has 0 atom stereocenters. The SMILES string of the molecule is COC(=O)c1c(CBr)cc(C)cc1OC. The van der Waals surface area contributed by atoms with Crippen LogP contribution in [0, 0.1) is 6.92 Å². The molecule has 0 aliphatic heterocycles. The van der Waals surface area contributed by atoms with Gasteiger partial charge in [-0.15, -0.1) is 0 Å². The number of esters is 1. The van der Waals surface area contributed by atoms with Crippen LogP contribution in [0.5, 0.6) is 5.75 Å². The van der Waals surface area contributed by atoms with Gasteiger partial charge in [0, 0.05) is 5.33 Å².